The molecule has 0 saturated carbocycles. The van der Waals surface area contributed by atoms with Crippen LogP contribution in [-0.2, 0) is 0 Å². The number of para-hydroxylation sites is 1. The van der Waals surface area contributed by atoms with Gasteiger partial charge < -0.3 is 15.0 Å². The van der Waals surface area contributed by atoms with Gasteiger partial charge in [-0.2, -0.15) is 0 Å². The summed E-state index contributed by atoms with van der Waals surface area (Å²) in [6, 6.07) is 13.5. The predicted molar refractivity (Wildman–Crippen MR) is 104 cm³/mol. The SMILES string of the molecule is COc1ccc([C@H](C)N[C@@H](C)C(=O)c2c[nH]c3ccccc23)cc1Br. The Morgan fingerprint density at radius 1 is 1.20 bits per heavy atom. The highest BCUT2D eigenvalue weighted by atomic mass is 79.9. The highest BCUT2D eigenvalue weighted by Gasteiger charge is 2.21. The molecule has 2 N–H and O–H groups in total. The highest BCUT2D eigenvalue weighted by Crippen LogP contribution is 2.28. The van der Waals surface area contributed by atoms with Crippen molar-refractivity contribution in [3.05, 3.63) is 64.3 Å². The van der Waals surface area contributed by atoms with Gasteiger partial charge in [0.1, 0.15) is 5.75 Å². The molecule has 5 heteroatoms. The van der Waals surface area contributed by atoms with E-state index in [1.807, 2.05) is 56.3 Å². The van der Waals surface area contributed by atoms with Crippen LogP contribution in [0.5, 0.6) is 5.75 Å². The van der Waals surface area contributed by atoms with E-state index in [0.29, 0.717) is 0 Å². The average Bonchev–Trinajstić information content (AvgIpc) is 3.04. The van der Waals surface area contributed by atoms with E-state index in [2.05, 4.69) is 26.2 Å². The summed E-state index contributed by atoms with van der Waals surface area (Å²) in [5.41, 5.74) is 2.79. The number of benzene rings is 2. The number of H-pyrrole nitrogens is 1. The Morgan fingerprint density at radius 3 is 2.68 bits per heavy atom. The molecule has 130 valence electrons. The summed E-state index contributed by atoms with van der Waals surface area (Å²) in [5.74, 6) is 0.871. The predicted octanol–water partition coefficient (Wildman–Crippen LogP) is 4.86. The number of carbonyl (C=O) groups excluding carboxylic acids is 1. The Balaban J connectivity index is 1.76. The second-order valence-corrected chi connectivity index (χ2v) is 6.97. The Hall–Kier alpha value is -2.11. The van der Waals surface area contributed by atoms with E-state index < -0.39 is 0 Å². The Kier molecular flexibility index (Phi) is 5.25. The smallest absolute Gasteiger partial charge is 0.181 e. The minimum absolute atomic E-state index is 0.0337. The van der Waals surface area contributed by atoms with Crippen LogP contribution in [0.4, 0.5) is 0 Å². The summed E-state index contributed by atoms with van der Waals surface area (Å²) < 4.78 is 6.16. The molecule has 3 aromatic rings. The van der Waals surface area contributed by atoms with Crippen molar-refractivity contribution in [2.24, 2.45) is 0 Å². The molecular weight excluding hydrogens is 380 g/mol. The van der Waals surface area contributed by atoms with E-state index in [1.54, 1.807) is 13.3 Å². The van der Waals surface area contributed by atoms with Crippen molar-refractivity contribution in [3.8, 4) is 5.75 Å². The zero-order valence-electron chi connectivity index (χ0n) is 14.5. The summed E-state index contributed by atoms with van der Waals surface area (Å²) in [5, 5.41) is 4.35. The number of Topliss-reactive ketones (excluding diaryl/α,β-unsaturated/α-hetero) is 1. The molecule has 0 amide bonds. The van der Waals surface area contributed by atoms with Gasteiger partial charge in [0.2, 0.25) is 0 Å². The van der Waals surface area contributed by atoms with Crippen LogP contribution in [0.1, 0.15) is 35.8 Å². The van der Waals surface area contributed by atoms with Crippen LogP contribution in [0, 0.1) is 0 Å². The maximum Gasteiger partial charge on any atom is 0.181 e. The third-order valence-electron chi connectivity index (χ3n) is 4.42. The number of fused-ring (bicyclic) bond motifs is 1. The molecule has 3 rings (SSSR count). The minimum Gasteiger partial charge on any atom is -0.496 e. The first kappa shape index (κ1) is 17.7. The van der Waals surface area contributed by atoms with Crippen molar-refractivity contribution in [2.45, 2.75) is 25.9 Å². The van der Waals surface area contributed by atoms with E-state index in [4.69, 9.17) is 4.74 Å². The zero-order chi connectivity index (χ0) is 18.0. The second-order valence-electron chi connectivity index (χ2n) is 6.12. The molecule has 2 atom stereocenters. The van der Waals surface area contributed by atoms with Crippen molar-refractivity contribution in [1.29, 1.82) is 0 Å². The first-order chi connectivity index (χ1) is 12.0. The van der Waals surface area contributed by atoms with Crippen molar-refractivity contribution < 1.29 is 9.53 Å². The number of aromatic amines is 1. The van der Waals surface area contributed by atoms with Crippen molar-refractivity contribution in [1.82, 2.24) is 10.3 Å². The van der Waals surface area contributed by atoms with Crippen molar-refractivity contribution in [2.75, 3.05) is 7.11 Å². The number of aromatic nitrogens is 1. The summed E-state index contributed by atoms with van der Waals surface area (Å²) in [4.78, 5) is 16.0. The number of carbonyl (C=O) groups is 1. The monoisotopic (exact) mass is 400 g/mol. The van der Waals surface area contributed by atoms with Crippen LogP contribution in [0.2, 0.25) is 0 Å². The Labute approximate surface area is 155 Å². The third-order valence-corrected chi connectivity index (χ3v) is 5.04. The number of ether oxygens (including phenoxy) is 1. The normalized spacial score (nSPS) is 13.6. The third kappa shape index (κ3) is 3.62. The summed E-state index contributed by atoms with van der Waals surface area (Å²) in [6.45, 7) is 3.95. The quantitative estimate of drug-likeness (QED) is 0.580. The van der Waals surface area contributed by atoms with E-state index in [9.17, 15) is 4.79 Å². The lowest BCUT2D eigenvalue weighted by Gasteiger charge is -2.20. The van der Waals surface area contributed by atoms with Crippen molar-refractivity contribution in [3.63, 3.8) is 0 Å². The molecule has 0 fully saturated rings. The van der Waals surface area contributed by atoms with Gasteiger partial charge in [-0.25, -0.2) is 0 Å². The molecule has 1 aromatic heterocycles. The lowest BCUT2D eigenvalue weighted by Crippen LogP contribution is -2.35. The van der Waals surface area contributed by atoms with E-state index in [0.717, 1.165) is 32.3 Å². The molecule has 0 unspecified atom stereocenters. The second kappa shape index (κ2) is 7.42. The van der Waals surface area contributed by atoms with Gasteiger partial charge in [-0.3, -0.25) is 4.79 Å². The largest absolute Gasteiger partial charge is 0.496 e. The van der Waals surface area contributed by atoms with Gasteiger partial charge in [0.15, 0.2) is 5.78 Å². The van der Waals surface area contributed by atoms with Gasteiger partial charge in [0.05, 0.1) is 17.6 Å². The molecular formula is C20H21BrN2O2. The van der Waals surface area contributed by atoms with Gasteiger partial charge in [-0.1, -0.05) is 24.3 Å². The first-order valence-corrected chi connectivity index (χ1v) is 9.00. The molecule has 0 spiro atoms. The average molecular weight is 401 g/mol. The zero-order valence-corrected chi connectivity index (χ0v) is 16.1. The fourth-order valence-electron chi connectivity index (χ4n) is 3.01. The molecule has 0 aliphatic heterocycles. The van der Waals surface area contributed by atoms with E-state index >= 15 is 0 Å². The lowest BCUT2D eigenvalue weighted by atomic mass is 10.0. The minimum atomic E-state index is -0.296. The molecule has 25 heavy (non-hydrogen) atoms. The van der Waals surface area contributed by atoms with Gasteiger partial charge in [0.25, 0.3) is 0 Å². The number of ketones is 1. The summed E-state index contributed by atoms with van der Waals surface area (Å²) in [6.07, 6.45) is 1.79. The van der Waals surface area contributed by atoms with Crippen molar-refractivity contribution >= 4 is 32.6 Å². The topological polar surface area (TPSA) is 54.1 Å². The van der Waals surface area contributed by atoms with Gasteiger partial charge in [-0.05, 0) is 53.5 Å². The number of rotatable bonds is 6. The summed E-state index contributed by atoms with van der Waals surface area (Å²) in [7, 11) is 1.64. The van der Waals surface area contributed by atoms with Crippen LogP contribution in [0.3, 0.4) is 0 Å². The van der Waals surface area contributed by atoms with E-state index in [1.165, 1.54) is 0 Å². The standard InChI is InChI=1S/C20H21BrN2O2/c1-12(14-8-9-19(25-3)17(21)10-14)23-13(2)20(24)16-11-22-18-7-5-4-6-15(16)18/h4-13,22-23H,1-3H3/t12-,13-/m0/s1. The fourth-order valence-corrected chi connectivity index (χ4v) is 3.57. The molecule has 0 radical (unpaired) electrons. The molecule has 0 saturated heterocycles. The maximum atomic E-state index is 12.8. The molecule has 4 nitrogen and oxygen atoms in total. The molecule has 1 heterocycles. The number of halogens is 1. The Morgan fingerprint density at radius 2 is 1.96 bits per heavy atom. The van der Waals surface area contributed by atoms with E-state index in [-0.39, 0.29) is 17.9 Å². The van der Waals surface area contributed by atoms with Gasteiger partial charge in [0, 0.05) is 28.7 Å². The van der Waals surface area contributed by atoms with Crippen LogP contribution in [0.15, 0.2) is 53.1 Å². The number of hydrogen-bond acceptors (Lipinski definition) is 3. The number of hydrogen-bond donors (Lipinski definition) is 2. The Bertz CT molecular complexity index is 904. The van der Waals surface area contributed by atoms with Crippen LogP contribution < -0.4 is 10.1 Å². The maximum absolute atomic E-state index is 12.8. The lowest BCUT2D eigenvalue weighted by molar-refractivity contribution is 0.0947. The fraction of sp³-hybridized carbons (Fsp3) is 0.250. The first-order valence-electron chi connectivity index (χ1n) is 8.21. The van der Waals surface area contributed by atoms with Gasteiger partial charge >= 0.3 is 0 Å². The summed E-state index contributed by atoms with van der Waals surface area (Å²) >= 11 is 3.51. The van der Waals surface area contributed by atoms with Crippen LogP contribution in [0.25, 0.3) is 10.9 Å². The molecule has 0 aliphatic rings. The highest BCUT2D eigenvalue weighted by molar-refractivity contribution is 9.10. The van der Waals surface area contributed by atoms with Crippen LogP contribution >= 0.6 is 15.9 Å². The molecule has 2 aromatic carbocycles. The van der Waals surface area contributed by atoms with Crippen LogP contribution in [-0.4, -0.2) is 23.9 Å². The molecule has 0 aliphatic carbocycles. The molecule has 0 bridgehead atoms. The van der Waals surface area contributed by atoms with Gasteiger partial charge in [-0.15, -0.1) is 0 Å². The number of methoxy groups -OCH3 is 1. The number of nitrogens with one attached hydrogen (secondary N) is 2.